The van der Waals surface area contributed by atoms with Crippen molar-refractivity contribution >= 4 is 132 Å². The highest BCUT2D eigenvalue weighted by Gasteiger charge is 2.39. The third-order valence-corrected chi connectivity index (χ3v) is 19.7. The molecule has 0 aliphatic heterocycles. The van der Waals surface area contributed by atoms with Crippen LogP contribution in [-0.2, 0) is 99.1 Å². The topological polar surface area (TPSA) is 739 Å². The molecule has 0 radical (unpaired) electrons. The van der Waals surface area contributed by atoms with Gasteiger partial charge in [0.25, 0.3) is 0 Å². The lowest BCUT2D eigenvalue weighted by molar-refractivity contribution is -0.142. The van der Waals surface area contributed by atoms with Crippen LogP contribution in [-0.4, -0.2) is 269 Å². The summed E-state index contributed by atoms with van der Waals surface area (Å²) in [7, 11) is 0. The number of carbonyl (C=O) groups excluding carboxylic acids is 15. The number of amides is 15. The van der Waals surface area contributed by atoms with Gasteiger partial charge in [0, 0.05) is 30.8 Å². The minimum absolute atomic E-state index is 0.0182. The van der Waals surface area contributed by atoms with Gasteiger partial charge in [0.1, 0.15) is 84.6 Å². The summed E-state index contributed by atoms with van der Waals surface area (Å²) in [5.41, 5.74) is 40.6. The number of carboxylic acid groups (broad SMARTS) is 3. The number of carboxylic acids is 3. The number of benzene rings is 2. The molecule has 0 heterocycles. The van der Waals surface area contributed by atoms with Crippen molar-refractivity contribution < 1.29 is 107 Å². The second-order valence-corrected chi connectivity index (χ2v) is 29.9. The van der Waals surface area contributed by atoms with Gasteiger partial charge >= 0.3 is 17.9 Å². The number of nitrogens with one attached hydrogen (secondary N) is 14. The maximum absolute atomic E-state index is 14.8. The molecular formula is C77H125N21O22S2. The Bertz CT molecular complexity index is 3730. The van der Waals surface area contributed by atoms with Crippen LogP contribution in [0.1, 0.15) is 147 Å². The van der Waals surface area contributed by atoms with E-state index in [4.69, 9.17) is 40.1 Å². The first-order valence-corrected chi connectivity index (χ1v) is 41.6. The van der Waals surface area contributed by atoms with Crippen LogP contribution >= 0.6 is 25.3 Å². The van der Waals surface area contributed by atoms with Crippen molar-refractivity contribution in [1.82, 2.24) is 74.4 Å². The van der Waals surface area contributed by atoms with E-state index in [9.17, 15) is 107 Å². The fourth-order valence-corrected chi connectivity index (χ4v) is 12.6. The molecule has 0 saturated heterocycles. The molecule has 0 aliphatic rings. The summed E-state index contributed by atoms with van der Waals surface area (Å²) >= 11 is 8.34. The van der Waals surface area contributed by atoms with Crippen molar-refractivity contribution in [3.8, 4) is 0 Å². The Kier molecular flexibility index (Phi) is 52.8. The fraction of sp³-hybridized carbons (Fsp3) is 0.610. The van der Waals surface area contributed by atoms with Crippen LogP contribution in [0.2, 0.25) is 0 Å². The fourth-order valence-electron chi connectivity index (χ4n) is 12.1. The predicted molar refractivity (Wildman–Crippen MR) is 451 cm³/mol. The van der Waals surface area contributed by atoms with Gasteiger partial charge in [-0.25, -0.2) is 4.79 Å². The van der Waals surface area contributed by atoms with Gasteiger partial charge in [-0.2, -0.15) is 25.3 Å². The molecule has 14 atom stereocenters. The second kappa shape index (κ2) is 59.9. The summed E-state index contributed by atoms with van der Waals surface area (Å²) < 4.78 is 0. The quantitative estimate of drug-likeness (QED) is 0.0216. The van der Waals surface area contributed by atoms with E-state index in [1.807, 2.05) is 0 Å². The Balaban J connectivity index is 2.58. The van der Waals surface area contributed by atoms with E-state index in [1.54, 1.807) is 60.7 Å². The van der Waals surface area contributed by atoms with Crippen molar-refractivity contribution in [1.29, 1.82) is 0 Å². The Hall–Kier alpha value is -10.7. The first-order chi connectivity index (χ1) is 58.0. The van der Waals surface area contributed by atoms with E-state index < -0.39 is 242 Å². The summed E-state index contributed by atoms with van der Waals surface area (Å²) in [6, 6.07) is -6.07. The normalized spacial score (nSPS) is 14.5. The van der Waals surface area contributed by atoms with Crippen LogP contribution in [0, 0.1) is 5.92 Å². The standard InChI is InChI=1S/C77H125N21O22S2/c1-43(2)63(98-69(111)50(27-13-18-34-82)89-73(115)55(38-62(104)105)85-60(101)39-83)76(118)95-56(40-99)74(116)93-52(35-44-19-5-3-6-20-44)70(112)92-53(36-45-21-7-4-8-22-45)71(113)96-57(41-121)75(117)90-48(25-11-16-32-80)66(108)94-54(37-59(84)100)72(114)88-47(24-10-15-31-79)65(107)91-51(28-29-61(102)103)68(110)87-46(23-9-14-30-78)64(106)86-49(26-12-17-33-81)67(109)97-58(42-122)77(119)120/h3-8,19-22,43,46-58,63,99,121-122H,9-18,23-42,78-83H2,1-2H3,(H2,84,100)(H,85,101)(H,86,106)(H,87,110)(H,88,114)(H,89,115)(H,90,117)(H,91,107)(H,92,112)(H,93,116)(H,94,108)(H,95,118)(H,96,113)(H,97,109)(H,98,111)(H,102,103)(H,104,105)(H,119,120)/t46-,47-,48-,49-,50-,51-,52-,53-,54-,55-,56-,57-,58-,63-/m0/s1. The highest BCUT2D eigenvalue weighted by atomic mass is 32.1. The van der Waals surface area contributed by atoms with Crippen LogP contribution in [0.3, 0.4) is 0 Å². The van der Waals surface area contributed by atoms with Gasteiger partial charge in [0.15, 0.2) is 0 Å². The number of thiol groups is 2. The number of aliphatic hydroxyl groups excluding tert-OH is 1. The average Bonchev–Trinajstić information content (AvgIpc) is 0.846. The lowest BCUT2D eigenvalue weighted by Crippen LogP contribution is -2.62. The highest BCUT2D eigenvalue weighted by Crippen LogP contribution is 2.15. The molecule has 15 amide bonds. The number of unbranched alkanes of at least 4 members (excludes halogenated alkanes) is 5. The number of rotatable bonds is 64. The minimum atomic E-state index is -1.91. The number of nitrogens with two attached hydrogens (primary N) is 7. The Morgan fingerprint density at radius 3 is 0.902 bits per heavy atom. The van der Waals surface area contributed by atoms with Crippen LogP contribution in [0.4, 0.5) is 0 Å². The van der Waals surface area contributed by atoms with Gasteiger partial charge in [-0.05, 0) is 153 Å². The number of primary amides is 1. The third-order valence-electron chi connectivity index (χ3n) is 18.9. The molecule has 2 rings (SSSR count). The largest absolute Gasteiger partial charge is 0.481 e. The molecule has 0 saturated carbocycles. The zero-order chi connectivity index (χ0) is 91.4. The van der Waals surface area contributed by atoms with Gasteiger partial charge in [-0.1, -0.05) is 74.5 Å². The molecular weight excluding hydrogens is 1640 g/mol. The third kappa shape index (κ3) is 41.7. The first kappa shape index (κ1) is 107. The highest BCUT2D eigenvalue weighted by molar-refractivity contribution is 7.80. The summed E-state index contributed by atoms with van der Waals surface area (Å²) in [4.78, 5) is 246. The number of carbonyl (C=O) groups is 18. The lowest BCUT2D eigenvalue weighted by Gasteiger charge is -2.29. The molecule has 682 valence electrons. The lowest BCUT2D eigenvalue weighted by atomic mass is 10.0. The summed E-state index contributed by atoms with van der Waals surface area (Å²) in [6.07, 6.45) is -1.62. The molecule has 0 spiro atoms. The minimum Gasteiger partial charge on any atom is -0.481 e. The van der Waals surface area contributed by atoms with E-state index in [0.29, 0.717) is 36.8 Å². The zero-order valence-electron chi connectivity index (χ0n) is 68.7. The monoisotopic (exact) mass is 1760 g/mol. The molecule has 2 aromatic rings. The van der Waals surface area contributed by atoms with Crippen molar-refractivity contribution in [2.75, 3.05) is 57.4 Å². The molecule has 122 heavy (non-hydrogen) atoms. The van der Waals surface area contributed by atoms with E-state index in [1.165, 1.54) is 13.8 Å². The SMILES string of the molecule is CC(C)[C@H](NC(=O)[C@H](CCCCN)NC(=O)[C@H](CC(=O)O)NC(=O)CN)C(=O)N[C@@H](CO)C(=O)N[C@@H](Cc1ccccc1)C(=O)N[C@@H](Cc1ccccc1)C(=O)N[C@@H](CS)C(=O)N[C@@H](CCCCN)C(=O)N[C@@H](CC(N)=O)C(=O)N[C@@H](CCCCN)C(=O)N[C@@H](CCC(=O)O)C(=O)N[C@@H](CCCCN)C(=O)N[C@@H](CCCCN)C(=O)N[C@@H](CS)C(=O)O. The molecule has 43 nitrogen and oxygen atoms in total. The molecule has 32 N–H and O–H groups in total. The van der Waals surface area contributed by atoms with Crippen molar-refractivity contribution in [2.24, 2.45) is 46.1 Å². The Morgan fingerprint density at radius 1 is 0.320 bits per heavy atom. The maximum atomic E-state index is 14.8. The van der Waals surface area contributed by atoms with Crippen LogP contribution in [0.15, 0.2) is 60.7 Å². The van der Waals surface area contributed by atoms with Crippen molar-refractivity contribution in [3.05, 3.63) is 71.8 Å². The molecule has 0 aromatic heterocycles. The van der Waals surface area contributed by atoms with Crippen molar-refractivity contribution in [3.63, 3.8) is 0 Å². The van der Waals surface area contributed by atoms with Crippen LogP contribution in [0.5, 0.6) is 0 Å². The zero-order valence-corrected chi connectivity index (χ0v) is 70.5. The van der Waals surface area contributed by atoms with Crippen LogP contribution in [0.25, 0.3) is 0 Å². The van der Waals surface area contributed by atoms with E-state index in [-0.39, 0.29) is 122 Å². The molecule has 0 unspecified atom stereocenters. The van der Waals surface area contributed by atoms with E-state index in [2.05, 4.69) is 99.7 Å². The maximum Gasteiger partial charge on any atom is 0.327 e. The number of aliphatic hydroxyl groups is 1. The number of hydrogen-bond acceptors (Lipinski definition) is 27. The second-order valence-electron chi connectivity index (χ2n) is 29.2. The van der Waals surface area contributed by atoms with E-state index >= 15 is 0 Å². The van der Waals surface area contributed by atoms with Crippen molar-refractivity contribution in [2.45, 2.75) is 233 Å². The number of hydrogen-bond donors (Lipinski definition) is 27. The molecule has 45 heteroatoms. The molecule has 0 aliphatic carbocycles. The number of aliphatic carboxylic acids is 3. The van der Waals surface area contributed by atoms with Gasteiger partial charge in [-0.15, -0.1) is 0 Å². The smallest absolute Gasteiger partial charge is 0.327 e. The van der Waals surface area contributed by atoms with Gasteiger partial charge in [-0.3, -0.25) is 81.5 Å². The van der Waals surface area contributed by atoms with Crippen LogP contribution < -0.4 is 115 Å². The Labute approximate surface area is 718 Å². The van der Waals surface area contributed by atoms with Gasteiger partial charge in [0.05, 0.1) is 26.0 Å². The average molecular weight is 1760 g/mol. The molecule has 0 fully saturated rings. The predicted octanol–water partition coefficient (Wildman–Crippen LogP) is -7.33. The van der Waals surface area contributed by atoms with Gasteiger partial charge in [0.2, 0.25) is 88.6 Å². The Morgan fingerprint density at radius 2 is 0.598 bits per heavy atom. The summed E-state index contributed by atoms with van der Waals surface area (Å²) in [5.74, 6) is -21.4. The first-order valence-electron chi connectivity index (χ1n) is 40.4. The summed E-state index contributed by atoms with van der Waals surface area (Å²) in [6.45, 7) is 2.11. The van der Waals surface area contributed by atoms with Gasteiger partial charge < -0.3 is 135 Å². The summed E-state index contributed by atoms with van der Waals surface area (Å²) in [5, 5.41) is 74.0. The van der Waals surface area contributed by atoms with E-state index in [0.717, 1.165) is 0 Å². The molecule has 0 bridgehead atoms. The molecule has 2 aromatic carbocycles.